The van der Waals surface area contributed by atoms with Crippen molar-refractivity contribution in [2.75, 3.05) is 7.11 Å². The van der Waals surface area contributed by atoms with Gasteiger partial charge in [0.2, 0.25) is 5.82 Å². The average Bonchev–Trinajstić information content (AvgIpc) is 3.38. The molecular formula is C20H17N3O2S. The molecule has 5 nitrogen and oxygen atoms in total. The van der Waals surface area contributed by atoms with E-state index in [-0.39, 0.29) is 0 Å². The van der Waals surface area contributed by atoms with Crippen LogP contribution in [0.15, 0.2) is 58.4 Å². The third-order valence-corrected chi connectivity index (χ3v) is 5.05. The highest BCUT2D eigenvalue weighted by Crippen LogP contribution is 2.30. The number of hydrogen-bond donors (Lipinski definition) is 0. The summed E-state index contributed by atoms with van der Waals surface area (Å²) in [6, 6.07) is 15.6. The molecule has 0 saturated carbocycles. The molecule has 0 bridgehead atoms. The standard InChI is InChI=1S/C20H17N3O2S/c1-3-18-21-16(12-26-18)13-8-10-14(11-9-13)19-22-20(25-23-19)15-6-4-5-7-17(15)24-2/h4-12H,3H2,1-2H3. The molecule has 0 saturated heterocycles. The van der Waals surface area contributed by atoms with Crippen LogP contribution >= 0.6 is 11.3 Å². The molecule has 26 heavy (non-hydrogen) atoms. The molecule has 0 amide bonds. The van der Waals surface area contributed by atoms with Crippen molar-refractivity contribution < 1.29 is 9.26 Å². The fraction of sp³-hybridized carbons (Fsp3) is 0.150. The van der Waals surface area contributed by atoms with Gasteiger partial charge in [0.05, 0.1) is 23.4 Å². The highest BCUT2D eigenvalue weighted by molar-refractivity contribution is 7.09. The van der Waals surface area contributed by atoms with Crippen LogP contribution in [0.1, 0.15) is 11.9 Å². The van der Waals surface area contributed by atoms with Gasteiger partial charge in [-0.15, -0.1) is 11.3 Å². The summed E-state index contributed by atoms with van der Waals surface area (Å²) >= 11 is 1.69. The van der Waals surface area contributed by atoms with Crippen molar-refractivity contribution in [2.24, 2.45) is 0 Å². The van der Waals surface area contributed by atoms with Gasteiger partial charge in [0.15, 0.2) is 0 Å². The molecule has 0 fully saturated rings. The molecule has 130 valence electrons. The van der Waals surface area contributed by atoms with E-state index < -0.39 is 0 Å². The minimum atomic E-state index is 0.439. The van der Waals surface area contributed by atoms with Gasteiger partial charge in [0, 0.05) is 16.5 Å². The minimum Gasteiger partial charge on any atom is -0.496 e. The lowest BCUT2D eigenvalue weighted by Crippen LogP contribution is -1.87. The zero-order valence-electron chi connectivity index (χ0n) is 14.5. The molecule has 4 aromatic rings. The Morgan fingerprint density at radius 1 is 1.00 bits per heavy atom. The van der Waals surface area contributed by atoms with Gasteiger partial charge in [-0.1, -0.05) is 48.5 Å². The van der Waals surface area contributed by atoms with E-state index in [0.717, 1.165) is 33.8 Å². The Hall–Kier alpha value is -2.99. The Balaban J connectivity index is 1.61. The average molecular weight is 363 g/mol. The normalized spacial score (nSPS) is 10.8. The number of para-hydroxylation sites is 1. The van der Waals surface area contributed by atoms with E-state index in [1.807, 2.05) is 48.5 Å². The van der Waals surface area contributed by atoms with Gasteiger partial charge >= 0.3 is 0 Å². The smallest absolute Gasteiger partial charge is 0.262 e. The van der Waals surface area contributed by atoms with Crippen molar-refractivity contribution in [3.8, 4) is 39.8 Å². The third-order valence-electron chi connectivity index (χ3n) is 4.06. The Labute approximate surface area is 155 Å². The monoisotopic (exact) mass is 363 g/mol. The molecule has 0 unspecified atom stereocenters. The maximum atomic E-state index is 5.43. The van der Waals surface area contributed by atoms with E-state index in [1.165, 1.54) is 0 Å². The number of nitrogens with zero attached hydrogens (tertiary/aromatic N) is 3. The van der Waals surface area contributed by atoms with Gasteiger partial charge < -0.3 is 9.26 Å². The van der Waals surface area contributed by atoms with Crippen LogP contribution in [0.3, 0.4) is 0 Å². The Morgan fingerprint density at radius 2 is 1.77 bits per heavy atom. The summed E-state index contributed by atoms with van der Waals surface area (Å²) in [7, 11) is 1.62. The van der Waals surface area contributed by atoms with Crippen molar-refractivity contribution >= 4 is 11.3 Å². The second kappa shape index (κ2) is 7.09. The van der Waals surface area contributed by atoms with E-state index in [2.05, 4.69) is 27.4 Å². The number of ether oxygens (including phenoxy) is 1. The zero-order chi connectivity index (χ0) is 17.9. The molecule has 0 atom stereocenters. The van der Waals surface area contributed by atoms with Crippen LogP contribution in [0.25, 0.3) is 34.1 Å². The summed E-state index contributed by atoms with van der Waals surface area (Å²) in [4.78, 5) is 9.13. The second-order valence-corrected chi connectivity index (χ2v) is 6.62. The van der Waals surface area contributed by atoms with Crippen LogP contribution in [-0.2, 0) is 6.42 Å². The fourth-order valence-corrected chi connectivity index (χ4v) is 3.42. The minimum absolute atomic E-state index is 0.439. The van der Waals surface area contributed by atoms with Gasteiger partial charge in [-0.25, -0.2) is 4.98 Å². The Bertz CT molecular complexity index is 1020. The van der Waals surface area contributed by atoms with Crippen LogP contribution in [-0.4, -0.2) is 22.2 Å². The lowest BCUT2D eigenvalue weighted by atomic mass is 10.1. The summed E-state index contributed by atoms with van der Waals surface area (Å²) in [5.74, 6) is 1.69. The largest absolute Gasteiger partial charge is 0.496 e. The predicted octanol–water partition coefficient (Wildman–Crippen LogP) is 5.10. The molecule has 0 aliphatic carbocycles. The van der Waals surface area contributed by atoms with Crippen LogP contribution in [0.4, 0.5) is 0 Å². The number of benzene rings is 2. The molecule has 0 N–H and O–H groups in total. The SMILES string of the molecule is CCc1nc(-c2ccc(-c3noc(-c4ccccc4OC)n3)cc2)cs1. The highest BCUT2D eigenvalue weighted by Gasteiger charge is 2.14. The van der Waals surface area contributed by atoms with Crippen molar-refractivity contribution in [2.45, 2.75) is 13.3 Å². The summed E-state index contributed by atoms with van der Waals surface area (Å²) in [5.41, 5.74) is 3.75. The van der Waals surface area contributed by atoms with Crippen molar-refractivity contribution in [1.82, 2.24) is 15.1 Å². The first-order valence-corrected chi connectivity index (χ1v) is 9.18. The predicted molar refractivity (Wildman–Crippen MR) is 102 cm³/mol. The first-order chi connectivity index (χ1) is 12.8. The summed E-state index contributed by atoms with van der Waals surface area (Å²) in [6.45, 7) is 2.11. The number of methoxy groups -OCH3 is 1. The van der Waals surface area contributed by atoms with Gasteiger partial charge in [-0.3, -0.25) is 0 Å². The lowest BCUT2D eigenvalue weighted by molar-refractivity contribution is 0.405. The number of rotatable bonds is 5. The molecule has 2 aromatic carbocycles. The van der Waals surface area contributed by atoms with Crippen LogP contribution in [0, 0.1) is 0 Å². The molecule has 0 aliphatic heterocycles. The lowest BCUT2D eigenvalue weighted by Gasteiger charge is -2.02. The van der Waals surface area contributed by atoms with Crippen molar-refractivity contribution in [3.63, 3.8) is 0 Å². The number of aryl methyl sites for hydroxylation is 1. The van der Waals surface area contributed by atoms with Gasteiger partial charge in [0.1, 0.15) is 5.75 Å². The summed E-state index contributed by atoms with van der Waals surface area (Å²) in [5, 5.41) is 7.33. The number of hydrogen-bond acceptors (Lipinski definition) is 6. The van der Waals surface area contributed by atoms with Crippen LogP contribution in [0.5, 0.6) is 5.75 Å². The van der Waals surface area contributed by atoms with Gasteiger partial charge in [-0.2, -0.15) is 4.98 Å². The van der Waals surface area contributed by atoms with Crippen LogP contribution < -0.4 is 4.74 Å². The van der Waals surface area contributed by atoms with Crippen molar-refractivity contribution in [1.29, 1.82) is 0 Å². The molecule has 0 aliphatic rings. The maximum Gasteiger partial charge on any atom is 0.262 e. The van der Waals surface area contributed by atoms with Crippen molar-refractivity contribution in [3.05, 3.63) is 58.9 Å². The maximum absolute atomic E-state index is 5.43. The quantitative estimate of drug-likeness (QED) is 0.494. The third kappa shape index (κ3) is 3.11. The molecular weight excluding hydrogens is 346 g/mol. The summed E-state index contributed by atoms with van der Waals surface area (Å²) in [6.07, 6.45) is 0.956. The molecule has 2 aromatic heterocycles. The molecule has 0 radical (unpaired) electrons. The number of thiazole rings is 1. The Kier molecular flexibility index (Phi) is 4.50. The van der Waals surface area contributed by atoms with E-state index in [1.54, 1.807) is 18.4 Å². The van der Waals surface area contributed by atoms with Gasteiger partial charge in [-0.05, 0) is 18.6 Å². The molecule has 0 spiro atoms. The van der Waals surface area contributed by atoms with E-state index in [9.17, 15) is 0 Å². The van der Waals surface area contributed by atoms with E-state index in [4.69, 9.17) is 9.26 Å². The summed E-state index contributed by atoms with van der Waals surface area (Å²) < 4.78 is 10.8. The zero-order valence-corrected chi connectivity index (χ0v) is 15.3. The highest BCUT2D eigenvalue weighted by atomic mass is 32.1. The van der Waals surface area contributed by atoms with E-state index >= 15 is 0 Å². The molecule has 4 rings (SSSR count). The first kappa shape index (κ1) is 16.5. The van der Waals surface area contributed by atoms with E-state index in [0.29, 0.717) is 17.5 Å². The molecule has 6 heteroatoms. The second-order valence-electron chi connectivity index (χ2n) is 5.68. The molecule has 2 heterocycles. The Morgan fingerprint density at radius 3 is 2.50 bits per heavy atom. The van der Waals surface area contributed by atoms with Crippen LogP contribution in [0.2, 0.25) is 0 Å². The topological polar surface area (TPSA) is 61.0 Å². The number of aromatic nitrogens is 3. The first-order valence-electron chi connectivity index (χ1n) is 8.30. The fourth-order valence-electron chi connectivity index (χ4n) is 2.67. The van der Waals surface area contributed by atoms with Gasteiger partial charge in [0.25, 0.3) is 5.89 Å².